The van der Waals surface area contributed by atoms with Gasteiger partial charge < -0.3 is 10.1 Å². The van der Waals surface area contributed by atoms with Crippen LogP contribution < -0.4 is 10.1 Å². The lowest BCUT2D eigenvalue weighted by molar-refractivity contribution is -0.117. The quantitative estimate of drug-likeness (QED) is 0.935. The second-order valence-corrected chi connectivity index (χ2v) is 5.86. The second kappa shape index (κ2) is 6.09. The fraction of sp³-hybridized carbons (Fsp3) is 0.278. The Kier molecular flexibility index (Phi) is 3.98. The maximum atomic E-state index is 12.0. The van der Waals surface area contributed by atoms with Crippen molar-refractivity contribution in [1.82, 2.24) is 4.98 Å². The van der Waals surface area contributed by atoms with Crippen LogP contribution in [-0.4, -0.2) is 10.9 Å². The fourth-order valence-corrected chi connectivity index (χ4v) is 2.42. The summed E-state index contributed by atoms with van der Waals surface area (Å²) in [6.07, 6.45) is 2.54. The van der Waals surface area contributed by atoms with Crippen LogP contribution in [0, 0.1) is 30.1 Å². The third kappa shape index (κ3) is 3.32. The normalized spacial score (nSPS) is 18.8. The maximum absolute atomic E-state index is 12.0. The summed E-state index contributed by atoms with van der Waals surface area (Å²) < 4.78 is 5.67. The first kappa shape index (κ1) is 15.0. The highest BCUT2D eigenvalue weighted by atomic mass is 16.5. The number of aryl methyl sites for hydroxylation is 1. The lowest BCUT2D eigenvalue weighted by Gasteiger charge is -2.11. The van der Waals surface area contributed by atoms with E-state index in [1.165, 1.54) is 0 Å². The van der Waals surface area contributed by atoms with Gasteiger partial charge in [0.1, 0.15) is 17.4 Å². The number of pyridine rings is 1. The molecule has 1 aromatic heterocycles. The summed E-state index contributed by atoms with van der Waals surface area (Å²) in [5.74, 6) is 1.54. The van der Waals surface area contributed by atoms with Crippen LogP contribution in [0.2, 0.25) is 0 Å². The Morgan fingerprint density at radius 3 is 2.87 bits per heavy atom. The number of hydrogen-bond donors (Lipinski definition) is 1. The van der Waals surface area contributed by atoms with E-state index in [-0.39, 0.29) is 17.7 Å². The molecular formula is C18H17N3O2. The van der Waals surface area contributed by atoms with E-state index in [0.717, 1.165) is 17.7 Å². The number of hydrogen-bond acceptors (Lipinski definition) is 4. The van der Waals surface area contributed by atoms with Gasteiger partial charge in [-0.25, -0.2) is 4.98 Å². The highest BCUT2D eigenvalue weighted by molar-refractivity contribution is 5.95. The number of nitrogens with one attached hydrogen (secondary N) is 1. The molecule has 1 saturated carbocycles. The molecule has 1 heterocycles. The number of carbonyl (C=O) groups is 1. The molecule has 2 unspecified atom stereocenters. The molecule has 0 bridgehead atoms. The van der Waals surface area contributed by atoms with Crippen molar-refractivity contribution in [2.45, 2.75) is 20.3 Å². The molecule has 2 aromatic rings. The van der Waals surface area contributed by atoms with E-state index >= 15 is 0 Å². The van der Waals surface area contributed by atoms with Crippen molar-refractivity contribution in [1.29, 1.82) is 5.26 Å². The molecule has 116 valence electrons. The number of aromatic nitrogens is 1. The van der Waals surface area contributed by atoms with Gasteiger partial charge in [0.05, 0.1) is 0 Å². The van der Waals surface area contributed by atoms with Crippen LogP contribution in [0.1, 0.15) is 24.5 Å². The van der Waals surface area contributed by atoms with Gasteiger partial charge in [-0.15, -0.1) is 0 Å². The SMILES string of the molecule is Cc1cc(Oc2ncccc2C#N)ccc1NC(=O)C1CC1C. The lowest BCUT2D eigenvalue weighted by Crippen LogP contribution is -2.15. The van der Waals surface area contributed by atoms with Crippen LogP contribution in [-0.2, 0) is 4.79 Å². The first-order chi connectivity index (χ1) is 11.1. The average molecular weight is 307 g/mol. The molecule has 5 nitrogen and oxygen atoms in total. The summed E-state index contributed by atoms with van der Waals surface area (Å²) in [6, 6.07) is 10.8. The van der Waals surface area contributed by atoms with Crippen LogP contribution in [0.25, 0.3) is 0 Å². The molecule has 1 aliphatic carbocycles. The summed E-state index contributed by atoms with van der Waals surface area (Å²) in [6.45, 7) is 3.98. The van der Waals surface area contributed by atoms with E-state index in [1.807, 2.05) is 25.1 Å². The van der Waals surface area contributed by atoms with Crippen molar-refractivity contribution in [2.75, 3.05) is 5.32 Å². The predicted molar refractivity (Wildman–Crippen MR) is 86.1 cm³/mol. The molecule has 0 aliphatic heterocycles. The first-order valence-electron chi connectivity index (χ1n) is 7.53. The molecule has 1 aromatic carbocycles. The fourth-order valence-electron chi connectivity index (χ4n) is 2.42. The van der Waals surface area contributed by atoms with Gasteiger partial charge in [0, 0.05) is 17.8 Å². The molecule has 1 N–H and O–H groups in total. The van der Waals surface area contributed by atoms with Crippen LogP contribution >= 0.6 is 0 Å². The minimum atomic E-state index is 0.0748. The number of amides is 1. The van der Waals surface area contributed by atoms with Crippen molar-refractivity contribution >= 4 is 11.6 Å². The van der Waals surface area contributed by atoms with Crippen molar-refractivity contribution in [3.05, 3.63) is 47.7 Å². The monoisotopic (exact) mass is 307 g/mol. The predicted octanol–water partition coefficient (Wildman–Crippen LogP) is 3.65. The molecule has 3 rings (SSSR count). The molecule has 1 fully saturated rings. The van der Waals surface area contributed by atoms with Crippen molar-refractivity contribution in [2.24, 2.45) is 11.8 Å². The molecule has 0 saturated heterocycles. The Morgan fingerprint density at radius 1 is 1.43 bits per heavy atom. The standard InChI is InChI=1S/C18H17N3O2/c1-11-9-15(11)17(22)21-16-6-5-14(8-12(16)2)23-18-13(10-19)4-3-7-20-18/h3-8,11,15H,9H2,1-2H3,(H,21,22). The van der Waals surface area contributed by atoms with E-state index < -0.39 is 0 Å². The highest BCUT2D eigenvalue weighted by Gasteiger charge is 2.39. The Labute approximate surface area is 134 Å². The summed E-state index contributed by atoms with van der Waals surface area (Å²) in [7, 11) is 0. The third-order valence-electron chi connectivity index (χ3n) is 4.01. The smallest absolute Gasteiger partial charge is 0.237 e. The van der Waals surface area contributed by atoms with E-state index in [1.54, 1.807) is 24.4 Å². The maximum Gasteiger partial charge on any atom is 0.237 e. The number of nitrogens with zero attached hydrogens (tertiary/aromatic N) is 2. The second-order valence-electron chi connectivity index (χ2n) is 5.86. The summed E-state index contributed by atoms with van der Waals surface area (Å²) in [5.41, 5.74) is 2.06. The molecular weight excluding hydrogens is 290 g/mol. The van der Waals surface area contributed by atoms with Gasteiger partial charge in [-0.3, -0.25) is 4.79 Å². The Bertz CT molecular complexity index is 795. The zero-order valence-electron chi connectivity index (χ0n) is 13.0. The molecule has 23 heavy (non-hydrogen) atoms. The van der Waals surface area contributed by atoms with E-state index in [9.17, 15) is 4.79 Å². The summed E-state index contributed by atoms with van der Waals surface area (Å²) >= 11 is 0. The van der Waals surface area contributed by atoms with Gasteiger partial charge >= 0.3 is 0 Å². The minimum absolute atomic E-state index is 0.0748. The van der Waals surface area contributed by atoms with E-state index in [4.69, 9.17) is 10.00 Å². The summed E-state index contributed by atoms with van der Waals surface area (Å²) in [4.78, 5) is 16.1. The lowest BCUT2D eigenvalue weighted by atomic mass is 10.2. The van der Waals surface area contributed by atoms with Crippen LogP contribution in [0.3, 0.4) is 0 Å². The van der Waals surface area contributed by atoms with Gasteiger partial charge in [0.2, 0.25) is 11.8 Å². The van der Waals surface area contributed by atoms with Crippen LogP contribution in [0.5, 0.6) is 11.6 Å². The van der Waals surface area contributed by atoms with Crippen molar-refractivity contribution in [3.63, 3.8) is 0 Å². The van der Waals surface area contributed by atoms with Crippen molar-refractivity contribution in [3.8, 4) is 17.7 Å². The van der Waals surface area contributed by atoms with Gasteiger partial charge in [-0.1, -0.05) is 6.92 Å². The van der Waals surface area contributed by atoms with Crippen LogP contribution in [0.15, 0.2) is 36.5 Å². The van der Waals surface area contributed by atoms with Gasteiger partial charge in [0.25, 0.3) is 0 Å². The van der Waals surface area contributed by atoms with Crippen LogP contribution in [0.4, 0.5) is 5.69 Å². The zero-order chi connectivity index (χ0) is 16.4. The molecule has 2 atom stereocenters. The Hall–Kier alpha value is -2.87. The Balaban J connectivity index is 1.74. The number of anilines is 1. The molecule has 5 heteroatoms. The molecule has 1 aliphatic rings. The van der Waals surface area contributed by atoms with Gasteiger partial charge in [-0.2, -0.15) is 5.26 Å². The number of carbonyl (C=O) groups excluding carboxylic acids is 1. The number of rotatable bonds is 4. The first-order valence-corrected chi connectivity index (χ1v) is 7.53. The average Bonchev–Trinajstić information content (AvgIpc) is 3.27. The van der Waals surface area contributed by atoms with Gasteiger partial charge in [0.15, 0.2) is 0 Å². The number of ether oxygens (including phenoxy) is 1. The number of benzene rings is 1. The molecule has 0 spiro atoms. The Morgan fingerprint density at radius 2 is 2.22 bits per heavy atom. The number of nitriles is 1. The largest absolute Gasteiger partial charge is 0.438 e. The topological polar surface area (TPSA) is 75.0 Å². The van der Waals surface area contributed by atoms with E-state index in [0.29, 0.717) is 17.2 Å². The van der Waals surface area contributed by atoms with E-state index in [2.05, 4.69) is 17.2 Å². The van der Waals surface area contributed by atoms with Crippen molar-refractivity contribution < 1.29 is 9.53 Å². The zero-order valence-corrected chi connectivity index (χ0v) is 13.0. The minimum Gasteiger partial charge on any atom is -0.438 e. The molecule has 1 amide bonds. The summed E-state index contributed by atoms with van der Waals surface area (Å²) in [5, 5.41) is 12.0. The highest BCUT2D eigenvalue weighted by Crippen LogP contribution is 2.38. The van der Waals surface area contributed by atoms with Gasteiger partial charge in [-0.05, 0) is 55.2 Å². The third-order valence-corrected chi connectivity index (χ3v) is 4.01. The molecule has 0 radical (unpaired) electrons.